The van der Waals surface area contributed by atoms with Crippen LogP contribution >= 0.6 is 23.1 Å². The highest BCUT2D eigenvalue weighted by Crippen LogP contribution is 2.29. The van der Waals surface area contributed by atoms with Gasteiger partial charge < -0.3 is 24.3 Å². The topological polar surface area (TPSA) is 170 Å². The molecule has 3 aromatic rings. The van der Waals surface area contributed by atoms with E-state index in [1.54, 1.807) is 4.68 Å². The van der Waals surface area contributed by atoms with E-state index in [9.17, 15) is 14.4 Å². The van der Waals surface area contributed by atoms with E-state index in [1.807, 2.05) is 31.2 Å². The Morgan fingerprint density at radius 3 is 2.47 bits per heavy atom. The molecule has 2 aromatic heterocycles. The van der Waals surface area contributed by atoms with Crippen LogP contribution in [0.25, 0.3) is 5.69 Å². The van der Waals surface area contributed by atoms with E-state index >= 15 is 0 Å². The number of esters is 3. The minimum absolute atomic E-state index is 0.101. The second-order valence-electron chi connectivity index (χ2n) is 8.14. The maximum absolute atomic E-state index is 11.8. The highest BCUT2D eigenvalue weighted by atomic mass is 32.2. The second kappa shape index (κ2) is 12.3. The van der Waals surface area contributed by atoms with Gasteiger partial charge in [-0.3, -0.25) is 14.4 Å². The lowest BCUT2D eigenvalue weighted by atomic mass is 10.0. The molecule has 4 atom stereocenters. The van der Waals surface area contributed by atoms with E-state index in [1.165, 1.54) is 43.9 Å². The monoisotopic (exact) mass is 563 g/mol. The summed E-state index contributed by atoms with van der Waals surface area (Å²) < 4.78 is 23.4. The Morgan fingerprint density at radius 2 is 1.76 bits per heavy atom. The molecular formula is C22H25N7O7S2. The molecule has 0 bridgehead atoms. The third-order valence-electron chi connectivity index (χ3n) is 5.19. The first kappa shape index (κ1) is 27.4. The smallest absolute Gasteiger partial charge is 0.303 e. The highest BCUT2D eigenvalue weighted by molar-refractivity contribution is 7.98. The summed E-state index contributed by atoms with van der Waals surface area (Å²) in [6, 6.07) is 7.77. The molecule has 1 fully saturated rings. The third-order valence-corrected chi connectivity index (χ3v) is 7.16. The van der Waals surface area contributed by atoms with Gasteiger partial charge >= 0.3 is 17.9 Å². The zero-order valence-corrected chi connectivity index (χ0v) is 22.5. The molecule has 1 aliphatic rings. The van der Waals surface area contributed by atoms with Crippen molar-refractivity contribution >= 4 is 46.1 Å². The van der Waals surface area contributed by atoms with E-state index < -0.39 is 42.4 Å². The molecule has 1 N–H and O–H groups in total. The maximum atomic E-state index is 11.8. The number of tetrazole rings is 1. The molecular weight excluding hydrogens is 538 g/mol. The Hall–Kier alpha value is -3.63. The van der Waals surface area contributed by atoms with E-state index in [0.717, 1.165) is 11.3 Å². The first-order valence-corrected chi connectivity index (χ1v) is 13.2. The molecule has 0 unspecified atom stereocenters. The molecule has 1 aliphatic heterocycles. The summed E-state index contributed by atoms with van der Waals surface area (Å²) in [5, 5.41) is 25.0. The molecule has 0 radical (unpaired) electrons. The summed E-state index contributed by atoms with van der Waals surface area (Å²) in [6.45, 7) is 5.51. The van der Waals surface area contributed by atoms with Gasteiger partial charge in [-0.1, -0.05) is 41.3 Å². The van der Waals surface area contributed by atoms with Crippen LogP contribution in [-0.4, -0.2) is 79.5 Å². The largest absolute Gasteiger partial charge is 0.456 e. The Morgan fingerprint density at radius 1 is 1.05 bits per heavy atom. The molecule has 0 amide bonds. The minimum atomic E-state index is -1.12. The quantitative estimate of drug-likeness (QED) is 0.226. The van der Waals surface area contributed by atoms with Crippen LogP contribution in [0.4, 0.5) is 5.13 Å². The number of thioether (sulfide) groups is 1. The number of nitrogens with zero attached hydrogens (tertiary/aromatic N) is 6. The molecule has 16 heteroatoms. The van der Waals surface area contributed by atoms with Gasteiger partial charge in [0.25, 0.3) is 0 Å². The number of para-hydroxylation sites is 1. The van der Waals surface area contributed by atoms with Crippen LogP contribution in [0.2, 0.25) is 0 Å². The predicted octanol–water partition coefficient (Wildman–Crippen LogP) is 1.68. The average molecular weight is 564 g/mol. The number of nitrogens with one attached hydrogen (secondary N) is 1. The molecule has 0 aliphatic carbocycles. The van der Waals surface area contributed by atoms with Crippen molar-refractivity contribution in [3.63, 3.8) is 0 Å². The number of aryl methyl sites for hydroxylation is 1. The van der Waals surface area contributed by atoms with Crippen LogP contribution in [0.5, 0.6) is 0 Å². The zero-order valence-electron chi connectivity index (χ0n) is 20.9. The van der Waals surface area contributed by atoms with Gasteiger partial charge in [0, 0.05) is 20.8 Å². The first-order valence-electron chi connectivity index (χ1n) is 11.4. The van der Waals surface area contributed by atoms with Crippen molar-refractivity contribution in [1.82, 2.24) is 30.4 Å². The number of hydrogen-bond acceptors (Lipinski definition) is 15. The fraction of sp³-hybridized carbons (Fsp3) is 0.455. The summed E-state index contributed by atoms with van der Waals surface area (Å²) in [7, 11) is 0. The lowest BCUT2D eigenvalue weighted by Gasteiger charge is -2.40. The molecule has 38 heavy (non-hydrogen) atoms. The van der Waals surface area contributed by atoms with Crippen molar-refractivity contribution in [2.45, 2.75) is 63.1 Å². The van der Waals surface area contributed by atoms with Crippen LogP contribution < -0.4 is 5.32 Å². The number of rotatable bonds is 9. The standard InChI is InChI=1S/C22H25N7O7S2/c1-11-7-5-6-8-15(11)29-22(26-27-28-29)37-10-17-24-25-21(38-17)23-20-19(36-14(4)32)18(35-13(3)31)16(9-33-20)34-12(2)30/h5-8,16,18-20H,9-10H2,1-4H3,(H,23,25)/t16-,18+,19-,20-/m1/s1. The summed E-state index contributed by atoms with van der Waals surface area (Å²) in [5.74, 6) is -1.42. The number of carbonyl (C=O) groups is 3. The Balaban J connectivity index is 1.45. The van der Waals surface area contributed by atoms with Crippen molar-refractivity contribution in [1.29, 1.82) is 0 Å². The Bertz CT molecular complexity index is 1300. The van der Waals surface area contributed by atoms with E-state index in [0.29, 0.717) is 21.0 Å². The Kier molecular flexibility index (Phi) is 8.85. The minimum Gasteiger partial charge on any atom is -0.456 e. The summed E-state index contributed by atoms with van der Waals surface area (Å²) in [5.41, 5.74) is 1.90. The van der Waals surface area contributed by atoms with E-state index in [2.05, 4.69) is 31.0 Å². The summed E-state index contributed by atoms with van der Waals surface area (Å²) in [4.78, 5) is 35.1. The van der Waals surface area contributed by atoms with Crippen LogP contribution in [0.15, 0.2) is 29.4 Å². The molecule has 14 nitrogen and oxygen atoms in total. The van der Waals surface area contributed by atoms with Crippen molar-refractivity contribution in [3.05, 3.63) is 34.8 Å². The lowest BCUT2D eigenvalue weighted by Crippen LogP contribution is -2.59. The van der Waals surface area contributed by atoms with Gasteiger partial charge in [0.2, 0.25) is 10.3 Å². The van der Waals surface area contributed by atoms with Crippen molar-refractivity contribution in [3.8, 4) is 5.69 Å². The van der Waals surface area contributed by atoms with Crippen LogP contribution in [0.3, 0.4) is 0 Å². The third kappa shape index (κ3) is 6.81. The molecule has 3 heterocycles. The number of aromatic nitrogens is 6. The molecule has 0 saturated carbocycles. The molecule has 0 spiro atoms. The number of ether oxygens (including phenoxy) is 4. The number of anilines is 1. The second-order valence-corrected chi connectivity index (χ2v) is 10.1. The molecule has 202 valence electrons. The van der Waals surface area contributed by atoms with Gasteiger partial charge in [-0.05, 0) is 29.0 Å². The van der Waals surface area contributed by atoms with Crippen LogP contribution in [-0.2, 0) is 39.1 Å². The maximum Gasteiger partial charge on any atom is 0.303 e. The van der Waals surface area contributed by atoms with Crippen LogP contribution in [0.1, 0.15) is 31.3 Å². The fourth-order valence-corrected chi connectivity index (χ4v) is 5.34. The number of carbonyl (C=O) groups excluding carboxylic acids is 3. The van der Waals surface area contributed by atoms with Crippen LogP contribution in [0, 0.1) is 6.92 Å². The number of hydrogen-bond donors (Lipinski definition) is 1. The van der Waals surface area contributed by atoms with Gasteiger partial charge in [0.1, 0.15) is 5.01 Å². The normalized spacial score (nSPS) is 20.9. The van der Waals surface area contributed by atoms with E-state index in [-0.39, 0.29) is 6.61 Å². The Labute approximate surface area is 225 Å². The zero-order chi connectivity index (χ0) is 27.2. The van der Waals surface area contributed by atoms with Gasteiger partial charge in [-0.2, -0.15) is 4.68 Å². The molecule has 1 aromatic carbocycles. The lowest BCUT2D eigenvalue weighted by molar-refractivity contribution is -0.221. The van der Waals surface area contributed by atoms with E-state index in [4.69, 9.17) is 18.9 Å². The van der Waals surface area contributed by atoms with Crippen molar-refractivity contribution < 1.29 is 33.3 Å². The van der Waals surface area contributed by atoms with Gasteiger partial charge in [0.05, 0.1) is 18.0 Å². The SMILES string of the molecule is CC(=O)O[C@@H]1[C@@H](OC(C)=O)[C@H](OC(C)=O)CO[C@H]1Nc1nnc(CSc2nnnn2-c2ccccc2C)s1. The van der Waals surface area contributed by atoms with Gasteiger partial charge in [-0.25, -0.2) is 0 Å². The van der Waals surface area contributed by atoms with Gasteiger partial charge in [0.15, 0.2) is 24.5 Å². The summed E-state index contributed by atoms with van der Waals surface area (Å²) >= 11 is 2.65. The average Bonchev–Trinajstić information content (AvgIpc) is 3.50. The van der Waals surface area contributed by atoms with Crippen molar-refractivity contribution in [2.75, 3.05) is 11.9 Å². The van der Waals surface area contributed by atoms with Gasteiger partial charge in [-0.15, -0.1) is 15.3 Å². The molecule has 1 saturated heterocycles. The predicted molar refractivity (Wildman–Crippen MR) is 133 cm³/mol. The van der Waals surface area contributed by atoms with Crippen molar-refractivity contribution in [2.24, 2.45) is 0 Å². The molecule has 4 rings (SSSR count). The summed E-state index contributed by atoms with van der Waals surface area (Å²) in [6.07, 6.45) is -4.11. The highest BCUT2D eigenvalue weighted by Gasteiger charge is 2.47. The fourth-order valence-electron chi connectivity index (χ4n) is 3.70. The first-order chi connectivity index (χ1) is 18.2. The number of benzene rings is 1.